The van der Waals surface area contributed by atoms with Crippen LogP contribution in [0.3, 0.4) is 0 Å². The van der Waals surface area contributed by atoms with Crippen LogP contribution in [0, 0.1) is 11.8 Å². The third kappa shape index (κ3) is 2.85. The van der Waals surface area contributed by atoms with Gasteiger partial charge < -0.3 is 4.52 Å². The Kier molecular flexibility index (Phi) is 3.86. The summed E-state index contributed by atoms with van der Waals surface area (Å²) < 4.78 is 6.89. The first kappa shape index (κ1) is 17.5. The van der Waals surface area contributed by atoms with Crippen LogP contribution < -0.4 is 5.56 Å². The van der Waals surface area contributed by atoms with Crippen molar-refractivity contribution in [3.05, 3.63) is 87.7 Å². The SMILES string of the molecule is O=c1c2cccnc2ncn1Cc1nc([C@H]2[C@@H]3C=C(c4cccc(Cl)c4)C[C@@H]32)no1. The highest BCUT2D eigenvalue weighted by molar-refractivity contribution is 6.30. The van der Waals surface area contributed by atoms with E-state index < -0.39 is 0 Å². The van der Waals surface area contributed by atoms with Gasteiger partial charge in [0.25, 0.3) is 5.56 Å². The number of hydrogen-bond donors (Lipinski definition) is 0. The van der Waals surface area contributed by atoms with Crippen molar-refractivity contribution >= 4 is 28.2 Å². The fourth-order valence-corrected chi connectivity index (χ4v) is 4.63. The van der Waals surface area contributed by atoms with E-state index >= 15 is 0 Å². The van der Waals surface area contributed by atoms with Crippen LogP contribution in [0.2, 0.25) is 5.02 Å². The largest absolute Gasteiger partial charge is 0.337 e. The molecule has 0 bridgehead atoms. The van der Waals surface area contributed by atoms with Gasteiger partial charge in [-0.05, 0) is 53.7 Å². The summed E-state index contributed by atoms with van der Waals surface area (Å²) in [5, 5.41) is 5.40. The van der Waals surface area contributed by atoms with Crippen LogP contribution in [0.1, 0.15) is 29.6 Å². The average Bonchev–Trinajstić information content (AvgIpc) is 3.10. The normalized spacial score (nSPS) is 22.2. The molecule has 2 aliphatic rings. The fourth-order valence-electron chi connectivity index (χ4n) is 4.44. The van der Waals surface area contributed by atoms with Gasteiger partial charge in [-0.2, -0.15) is 4.98 Å². The van der Waals surface area contributed by atoms with Crippen molar-refractivity contribution in [2.45, 2.75) is 18.9 Å². The molecule has 0 N–H and O–H groups in total. The standard InChI is InChI=1S/C22H16ClN5O2/c23-14-4-1-3-12(7-14)13-8-16-17(9-13)19(16)21-26-18(30-27-21)10-28-11-25-20-15(22(28)29)5-2-6-24-20/h1-8,11,16-17,19H,9-10H2/t16-,17+,19+/m1/s1. The molecule has 0 unspecified atom stereocenters. The predicted molar refractivity (Wildman–Crippen MR) is 111 cm³/mol. The second-order valence-corrected chi connectivity index (χ2v) is 8.21. The van der Waals surface area contributed by atoms with Gasteiger partial charge in [0.05, 0.1) is 5.39 Å². The summed E-state index contributed by atoms with van der Waals surface area (Å²) >= 11 is 6.12. The van der Waals surface area contributed by atoms with E-state index in [1.54, 1.807) is 18.3 Å². The van der Waals surface area contributed by atoms with Crippen molar-refractivity contribution in [1.29, 1.82) is 0 Å². The highest BCUT2D eigenvalue weighted by Gasteiger charge is 2.55. The summed E-state index contributed by atoms with van der Waals surface area (Å²) in [5.74, 6) is 2.33. The molecule has 6 rings (SSSR count). The first-order valence-electron chi connectivity index (χ1n) is 9.77. The molecule has 1 fully saturated rings. The number of allylic oxidation sites excluding steroid dienone is 2. The Balaban J connectivity index is 1.20. The molecule has 0 amide bonds. The van der Waals surface area contributed by atoms with Crippen LogP contribution in [-0.2, 0) is 6.54 Å². The maximum absolute atomic E-state index is 12.6. The first-order chi connectivity index (χ1) is 14.7. The highest BCUT2D eigenvalue weighted by Crippen LogP contribution is 2.62. The van der Waals surface area contributed by atoms with Crippen molar-refractivity contribution in [3.63, 3.8) is 0 Å². The topological polar surface area (TPSA) is 86.7 Å². The van der Waals surface area contributed by atoms with Crippen molar-refractivity contribution in [3.8, 4) is 0 Å². The van der Waals surface area contributed by atoms with E-state index in [1.807, 2.05) is 18.2 Å². The van der Waals surface area contributed by atoms with Gasteiger partial charge in [0.2, 0.25) is 5.89 Å². The summed E-state index contributed by atoms with van der Waals surface area (Å²) in [6.45, 7) is 0.190. The summed E-state index contributed by atoms with van der Waals surface area (Å²) in [4.78, 5) is 25.5. The van der Waals surface area contributed by atoms with Crippen LogP contribution in [0.25, 0.3) is 16.6 Å². The van der Waals surface area contributed by atoms with E-state index in [9.17, 15) is 4.79 Å². The lowest BCUT2D eigenvalue weighted by Crippen LogP contribution is -2.21. The van der Waals surface area contributed by atoms with Crippen molar-refractivity contribution in [2.75, 3.05) is 0 Å². The predicted octanol–water partition coefficient (Wildman–Crippen LogP) is 3.69. The molecule has 30 heavy (non-hydrogen) atoms. The van der Waals surface area contributed by atoms with Gasteiger partial charge in [-0.1, -0.05) is 35.0 Å². The second-order valence-electron chi connectivity index (χ2n) is 7.77. The third-order valence-corrected chi connectivity index (χ3v) is 6.19. The summed E-state index contributed by atoms with van der Waals surface area (Å²) in [6.07, 6.45) is 6.37. The van der Waals surface area contributed by atoms with Crippen LogP contribution in [0.15, 0.2) is 64.3 Å². The van der Waals surface area contributed by atoms with Gasteiger partial charge in [-0.25, -0.2) is 9.97 Å². The molecule has 3 atom stereocenters. The zero-order chi connectivity index (χ0) is 20.2. The van der Waals surface area contributed by atoms with Crippen LogP contribution in [0.5, 0.6) is 0 Å². The minimum absolute atomic E-state index is 0.176. The molecule has 7 nitrogen and oxygen atoms in total. The lowest BCUT2D eigenvalue weighted by Gasteiger charge is -2.06. The third-order valence-electron chi connectivity index (χ3n) is 5.96. The molecule has 0 aliphatic heterocycles. The second kappa shape index (κ2) is 6.60. The molecule has 0 saturated heterocycles. The van der Waals surface area contributed by atoms with Crippen molar-refractivity contribution in [2.24, 2.45) is 11.8 Å². The number of benzene rings is 1. The Bertz CT molecular complexity index is 1380. The minimum atomic E-state index is -0.176. The van der Waals surface area contributed by atoms with Gasteiger partial charge in [0.15, 0.2) is 11.5 Å². The van der Waals surface area contributed by atoms with E-state index in [4.69, 9.17) is 16.1 Å². The lowest BCUT2D eigenvalue weighted by atomic mass is 10.0. The molecule has 3 heterocycles. The molecule has 8 heteroatoms. The summed E-state index contributed by atoms with van der Waals surface area (Å²) in [6, 6.07) is 11.4. The Morgan fingerprint density at radius 1 is 1.20 bits per heavy atom. The smallest absolute Gasteiger partial charge is 0.263 e. The van der Waals surface area contributed by atoms with E-state index in [0.29, 0.717) is 34.6 Å². The van der Waals surface area contributed by atoms with Crippen LogP contribution >= 0.6 is 11.6 Å². The molecule has 3 aromatic heterocycles. The monoisotopic (exact) mass is 417 g/mol. The van der Waals surface area contributed by atoms with E-state index in [2.05, 4.69) is 32.3 Å². The molecule has 1 aromatic carbocycles. The molecule has 1 saturated carbocycles. The zero-order valence-corrected chi connectivity index (χ0v) is 16.5. The molecule has 0 spiro atoms. The molecule has 2 aliphatic carbocycles. The molecular formula is C22H16ClN5O2. The number of nitrogens with zero attached hydrogens (tertiary/aromatic N) is 5. The van der Waals surface area contributed by atoms with Crippen molar-refractivity contribution in [1.82, 2.24) is 24.7 Å². The Hall–Kier alpha value is -3.32. The van der Waals surface area contributed by atoms with E-state index in [0.717, 1.165) is 11.4 Å². The molecule has 148 valence electrons. The molecule has 0 radical (unpaired) electrons. The van der Waals surface area contributed by atoms with Gasteiger partial charge in [-0.15, -0.1) is 0 Å². The lowest BCUT2D eigenvalue weighted by molar-refractivity contribution is 0.364. The van der Waals surface area contributed by atoms with Crippen LogP contribution in [0.4, 0.5) is 0 Å². The van der Waals surface area contributed by atoms with Gasteiger partial charge in [-0.3, -0.25) is 9.36 Å². The van der Waals surface area contributed by atoms with Gasteiger partial charge in [0.1, 0.15) is 12.9 Å². The number of fused-ring (bicyclic) bond motifs is 2. The quantitative estimate of drug-likeness (QED) is 0.503. The van der Waals surface area contributed by atoms with E-state index in [-0.39, 0.29) is 18.0 Å². The zero-order valence-electron chi connectivity index (χ0n) is 15.8. The maximum atomic E-state index is 12.6. The van der Waals surface area contributed by atoms with E-state index in [1.165, 1.54) is 22.0 Å². The number of aromatic nitrogens is 5. The average molecular weight is 418 g/mol. The van der Waals surface area contributed by atoms with Gasteiger partial charge in [0, 0.05) is 17.1 Å². The Morgan fingerprint density at radius 2 is 2.13 bits per heavy atom. The molecule has 4 aromatic rings. The van der Waals surface area contributed by atoms with Crippen molar-refractivity contribution < 1.29 is 4.52 Å². The van der Waals surface area contributed by atoms with Crippen LogP contribution in [-0.4, -0.2) is 24.7 Å². The number of hydrogen-bond acceptors (Lipinski definition) is 6. The molecular weight excluding hydrogens is 402 g/mol. The highest BCUT2D eigenvalue weighted by atomic mass is 35.5. The summed E-state index contributed by atoms with van der Waals surface area (Å²) in [7, 11) is 0. The number of halogens is 1. The number of pyridine rings is 1. The Labute approximate surface area is 176 Å². The van der Waals surface area contributed by atoms with Gasteiger partial charge >= 0.3 is 0 Å². The Morgan fingerprint density at radius 3 is 2.97 bits per heavy atom. The minimum Gasteiger partial charge on any atom is -0.337 e. The maximum Gasteiger partial charge on any atom is 0.263 e. The fraction of sp³-hybridized carbons (Fsp3) is 0.227. The number of rotatable bonds is 4. The first-order valence-corrected chi connectivity index (χ1v) is 10.1. The summed E-state index contributed by atoms with van der Waals surface area (Å²) in [5.41, 5.74) is 2.76.